The van der Waals surface area contributed by atoms with Crippen LogP contribution in [0, 0.1) is 12.8 Å². The summed E-state index contributed by atoms with van der Waals surface area (Å²) in [6.07, 6.45) is 2.62. The molecule has 4 rings (SSSR count). The van der Waals surface area contributed by atoms with Crippen molar-refractivity contribution >= 4 is 0 Å². The molecule has 0 aliphatic carbocycles. The first-order chi connectivity index (χ1) is 10.7. The normalized spacial score (nSPS) is 22.5. The van der Waals surface area contributed by atoms with Crippen molar-refractivity contribution in [2.45, 2.75) is 32.4 Å². The van der Waals surface area contributed by atoms with Gasteiger partial charge in [-0.15, -0.1) is 0 Å². The van der Waals surface area contributed by atoms with Gasteiger partial charge in [0, 0.05) is 17.2 Å². The number of hydrogen-bond donors (Lipinski definition) is 0. The molecule has 0 spiro atoms. The van der Waals surface area contributed by atoms with Crippen LogP contribution in [-0.4, -0.2) is 29.6 Å². The molecule has 3 heterocycles. The fraction of sp³-hybridized carbons (Fsp3) is 0.474. The maximum atomic E-state index is 6.53. The van der Waals surface area contributed by atoms with Crippen molar-refractivity contribution in [1.82, 2.24) is 9.47 Å². The Labute approximate surface area is 132 Å². The van der Waals surface area contributed by atoms with E-state index in [-0.39, 0.29) is 6.10 Å². The van der Waals surface area contributed by atoms with Crippen LogP contribution in [0.4, 0.5) is 0 Å². The summed E-state index contributed by atoms with van der Waals surface area (Å²) in [6, 6.07) is 13.0. The maximum absolute atomic E-state index is 6.53. The first-order valence-electron chi connectivity index (χ1n) is 8.31. The Morgan fingerprint density at radius 2 is 1.82 bits per heavy atom. The zero-order valence-electron chi connectivity index (χ0n) is 13.5. The summed E-state index contributed by atoms with van der Waals surface area (Å²) in [6.45, 7) is 5.47. The molecule has 0 amide bonds. The second-order valence-electron chi connectivity index (χ2n) is 6.77. The third-order valence-corrected chi connectivity index (χ3v) is 5.27. The number of ether oxygens (including phenoxy) is 1. The van der Waals surface area contributed by atoms with Gasteiger partial charge in [0.25, 0.3) is 0 Å². The SMILES string of the molecule is Cc1ccc2n1Cc1ccccc1OC2C1CCN(C)CC1. The molecule has 1 unspecified atom stereocenters. The van der Waals surface area contributed by atoms with Gasteiger partial charge in [0.15, 0.2) is 0 Å². The summed E-state index contributed by atoms with van der Waals surface area (Å²) in [5.41, 5.74) is 3.97. The first-order valence-corrected chi connectivity index (χ1v) is 8.31. The van der Waals surface area contributed by atoms with Gasteiger partial charge >= 0.3 is 0 Å². The van der Waals surface area contributed by atoms with Crippen LogP contribution < -0.4 is 4.74 Å². The van der Waals surface area contributed by atoms with Crippen LogP contribution in [0.1, 0.15) is 35.9 Å². The Balaban J connectivity index is 1.74. The van der Waals surface area contributed by atoms with Crippen LogP contribution in [0.5, 0.6) is 5.75 Å². The monoisotopic (exact) mass is 296 g/mol. The molecule has 3 heteroatoms. The zero-order chi connectivity index (χ0) is 15.1. The third-order valence-electron chi connectivity index (χ3n) is 5.27. The molecule has 1 atom stereocenters. The van der Waals surface area contributed by atoms with Crippen LogP contribution in [0.2, 0.25) is 0 Å². The van der Waals surface area contributed by atoms with Crippen molar-refractivity contribution in [3.8, 4) is 5.75 Å². The van der Waals surface area contributed by atoms with E-state index in [0.717, 1.165) is 12.3 Å². The van der Waals surface area contributed by atoms with Gasteiger partial charge in [0.2, 0.25) is 0 Å². The molecule has 116 valence electrons. The number of benzene rings is 1. The van der Waals surface area contributed by atoms with Crippen molar-refractivity contribution in [3.63, 3.8) is 0 Å². The molecule has 2 aromatic rings. The van der Waals surface area contributed by atoms with Gasteiger partial charge in [-0.05, 0) is 58.1 Å². The van der Waals surface area contributed by atoms with Gasteiger partial charge < -0.3 is 14.2 Å². The highest BCUT2D eigenvalue weighted by molar-refractivity contribution is 5.37. The molecule has 2 aliphatic rings. The molecule has 1 aromatic carbocycles. The summed E-state index contributed by atoms with van der Waals surface area (Å²) >= 11 is 0. The fourth-order valence-electron chi connectivity index (χ4n) is 3.84. The van der Waals surface area contributed by atoms with E-state index in [4.69, 9.17) is 4.74 Å². The minimum atomic E-state index is 0.186. The number of nitrogens with zero attached hydrogens (tertiary/aromatic N) is 2. The van der Waals surface area contributed by atoms with Gasteiger partial charge in [0.1, 0.15) is 11.9 Å². The fourth-order valence-corrected chi connectivity index (χ4v) is 3.84. The van der Waals surface area contributed by atoms with E-state index < -0.39 is 0 Å². The lowest BCUT2D eigenvalue weighted by Gasteiger charge is -2.34. The summed E-state index contributed by atoms with van der Waals surface area (Å²) in [5, 5.41) is 0. The van der Waals surface area contributed by atoms with E-state index in [0.29, 0.717) is 5.92 Å². The number of hydrogen-bond acceptors (Lipinski definition) is 2. The van der Waals surface area contributed by atoms with E-state index in [1.165, 1.54) is 42.9 Å². The summed E-state index contributed by atoms with van der Waals surface area (Å²) in [7, 11) is 2.21. The van der Waals surface area contributed by atoms with Gasteiger partial charge in [0.05, 0.1) is 12.2 Å². The average molecular weight is 296 g/mol. The maximum Gasteiger partial charge on any atom is 0.141 e. The van der Waals surface area contributed by atoms with E-state index in [9.17, 15) is 0 Å². The summed E-state index contributed by atoms with van der Waals surface area (Å²) < 4.78 is 8.97. The number of aryl methyl sites for hydroxylation is 1. The van der Waals surface area contributed by atoms with E-state index in [1.807, 2.05) is 0 Å². The number of rotatable bonds is 1. The molecule has 1 aromatic heterocycles. The number of para-hydroxylation sites is 1. The van der Waals surface area contributed by atoms with Crippen molar-refractivity contribution in [2.75, 3.05) is 20.1 Å². The molecule has 2 aliphatic heterocycles. The van der Waals surface area contributed by atoms with Gasteiger partial charge in [-0.1, -0.05) is 18.2 Å². The zero-order valence-corrected chi connectivity index (χ0v) is 13.5. The molecular formula is C19H24N2O. The quantitative estimate of drug-likeness (QED) is 0.799. The molecule has 22 heavy (non-hydrogen) atoms. The summed E-state index contributed by atoms with van der Waals surface area (Å²) in [5.74, 6) is 1.67. The largest absolute Gasteiger partial charge is 0.484 e. The molecule has 1 fully saturated rings. The molecule has 0 radical (unpaired) electrons. The van der Waals surface area contributed by atoms with E-state index in [2.05, 4.69) is 59.8 Å². The molecule has 1 saturated heterocycles. The molecule has 0 N–H and O–H groups in total. The summed E-state index contributed by atoms with van der Waals surface area (Å²) in [4.78, 5) is 2.42. The highest BCUT2D eigenvalue weighted by Crippen LogP contribution is 2.39. The van der Waals surface area contributed by atoms with Crippen LogP contribution in [-0.2, 0) is 6.54 Å². The first kappa shape index (κ1) is 13.9. The molecular weight excluding hydrogens is 272 g/mol. The Bertz CT molecular complexity index is 668. The number of likely N-dealkylation sites (tertiary alicyclic amines) is 1. The van der Waals surface area contributed by atoms with Crippen LogP contribution >= 0.6 is 0 Å². The van der Waals surface area contributed by atoms with Crippen molar-refractivity contribution in [3.05, 3.63) is 53.3 Å². The van der Waals surface area contributed by atoms with Gasteiger partial charge in [-0.25, -0.2) is 0 Å². The minimum Gasteiger partial charge on any atom is -0.484 e. The standard InChI is InChI=1S/C19H24N2O/c1-14-7-8-17-19(15-9-11-20(2)12-10-15)22-18-6-4-3-5-16(18)13-21(14)17/h3-8,15,19H,9-13H2,1-2H3. The van der Waals surface area contributed by atoms with Crippen molar-refractivity contribution in [2.24, 2.45) is 5.92 Å². The number of aromatic nitrogens is 1. The highest BCUT2D eigenvalue weighted by atomic mass is 16.5. The Hall–Kier alpha value is -1.74. The predicted molar refractivity (Wildman–Crippen MR) is 88.3 cm³/mol. The van der Waals surface area contributed by atoms with Crippen molar-refractivity contribution < 1.29 is 4.74 Å². The Morgan fingerprint density at radius 1 is 1.05 bits per heavy atom. The number of fused-ring (bicyclic) bond motifs is 2. The van der Waals surface area contributed by atoms with Crippen LogP contribution in [0.3, 0.4) is 0 Å². The Kier molecular flexibility index (Phi) is 3.45. The lowest BCUT2D eigenvalue weighted by Crippen LogP contribution is -2.34. The number of piperidine rings is 1. The minimum absolute atomic E-state index is 0.186. The second kappa shape index (κ2) is 5.47. The lowest BCUT2D eigenvalue weighted by atomic mass is 9.89. The topological polar surface area (TPSA) is 17.4 Å². The predicted octanol–water partition coefficient (Wildman–Crippen LogP) is 3.62. The van der Waals surface area contributed by atoms with Gasteiger partial charge in [-0.3, -0.25) is 0 Å². The second-order valence-corrected chi connectivity index (χ2v) is 6.77. The average Bonchev–Trinajstić information content (AvgIpc) is 2.80. The lowest BCUT2D eigenvalue weighted by molar-refractivity contribution is 0.0822. The van der Waals surface area contributed by atoms with Gasteiger partial charge in [-0.2, -0.15) is 0 Å². The Morgan fingerprint density at radius 3 is 2.64 bits per heavy atom. The van der Waals surface area contributed by atoms with E-state index >= 15 is 0 Å². The molecule has 0 saturated carbocycles. The highest BCUT2D eigenvalue weighted by Gasteiger charge is 2.32. The van der Waals surface area contributed by atoms with Crippen LogP contribution in [0.15, 0.2) is 36.4 Å². The van der Waals surface area contributed by atoms with Crippen molar-refractivity contribution in [1.29, 1.82) is 0 Å². The van der Waals surface area contributed by atoms with E-state index in [1.54, 1.807) is 0 Å². The molecule has 0 bridgehead atoms. The van der Waals surface area contributed by atoms with Crippen LogP contribution in [0.25, 0.3) is 0 Å². The molecule has 3 nitrogen and oxygen atoms in total. The smallest absolute Gasteiger partial charge is 0.141 e. The third kappa shape index (κ3) is 2.34.